The monoisotopic (exact) mass is 311 g/mol. The summed E-state index contributed by atoms with van der Waals surface area (Å²) in [5, 5.41) is 2.78. The molecule has 1 aromatic carbocycles. The van der Waals surface area contributed by atoms with Gasteiger partial charge in [-0.05, 0) is 25.5 Å². The summed E-state index contributed by atoms with van der Waals surface area (Å²) in [5.74, 6) is -1.18. The van der Waals surface area contributed by atoms with Crippen LogP contribution in [0.2, 0.25) is 0 Å². The predicted octanol–water partition coefficient (Wildman–Crippen LogP) is 3.29. The lowest BCUT2D eigenvalue weighted by Crippen LogP contribution is -2.14. The normalized spacial score (nSPS) is 10.1. The molecule has 0 spiro atoms. The van der Waals surface area contributed by atoms with Crippen LogP contribution in [0.4, 0.5) is 10.1 Å². The number of unbranched alkanes of at least 4 members (excludes halogenated alkanes) is 1. The quantitative estimate of drug-likeness (QED) is 0.560. The first-order chi connectivity index (χ1) is 10.6. The van der Waals surface area contributed by atoms with E-state index in [0.717, 1.165) is 12.8 Å². The van der Waals surface area contributed by atoms with Crippen molar-refractivity contribution in [2.75, 3.05) is 18.5 Å². The molecule has 0 saturated heterocycles. The molecule has 0 unspecified atom stereocenters. The van der Waals surface area contributed by atoms with Crippen LogP contribution in [-0.4, -0.2) is 25.1 Å². The summed E-state index contributed by atoms with van der Waals surface area (Å²) in [6, 6.07) is 4.24. The third-order valence-electron chi connectivity index (χ3n) is 2.87. The average Bonchev–Trinajstić information content (AvgIpc) is 2.48. The van der Waals surface area contributed by atoms with Crippen LogP contribution in [0.5, 0.6) is 5.75 Å². The molecular weight excluding hydrogens is 289 g/mol. The van der Waals surface area contributed by atoms with E-state index in [-0.39, 0.29) is 36.8 Å². The molecule has 0 aliphatic heterocycles. The summed E-state index contributed by atoms with van der Waals surface area (Å²) < 4.78 is 23.8. The molecule has 0 aliphatic carbocycles. The molecule has 0 aliphatic rings. The molecule has 0 saturated carbocycles. The zero-order valence-corrected chi connectivity index (χ0v) is 13.0. The molecule has 122 valence electrons. The van der Waals surface area contributed by atoms with E-state index in [9.17, 15) is 14.0 Å². The van der Waals surface area contributed by atoms with E-state index >= 15 is 0 Å². The number of anilines is 1. The Balaban J connectivity index is 2.64. The molecule has 0 atom stereocenters. The van der Waals surface area contributed by atoms with Crippen molar-refractivity contribution in [3.63, 3.8) is 0 Å². The molecule has 22 heavy (non-hydrogen) atoms. The van der Waals surface area contributed by atoms with Gasteiger partial charge in [0.2, 0.25) is 0 Å². The number of carbonyl (C=O) groups is 2. The molecule has 6 heteroatoms. The van der Waals surface area contributed by atoms with Crippen molar-refractivity contribution in [3.8, 4) is 5.75 Å². The van der Waals surface area contributed by atoms with Crippen molar-refractivity contribution in [2.45, 2.75) is 39.5 Å². The SMILES string of the molecule is CCCCC(=O)Oc1cccc(F)c1NCCC(=O)OCC. The zero-order chi connectivity index (χ0) is 16.4. The number of nitrogens with one attached hydrogen (secondary N) is 1. The molecule has 0 heterocycles. The van der Waals surface area contributed by atoms with Crippen molar-refractivity contribution >= 4 is 17.6 Å². The molecule has 1 aromatic rings. The Kier molecular flexibility index (Phi) is 7.96. The minimum Gasteiger partial charge on any atom is -0.466 e. The molecule has 1 rings (SSSR count). The van der Waals surface area contributed by atoms with E-state index in [1.165, 1.54) is 18.2 Å². The van der Waals surface area contributed by atoms with Crippen molar-refractivity contribution in [3.05, 3.63) is 24.0 Å². The number of rotatable bonds is 9. The molecule has 0 amide bonds. The maximum absolute atomic E-state index is 13.9. The molecule has 1 N–H and O–H groups in total. The van der Waals surface area contributed by atoms with Crippen LogP contribution in [0.3, 0.4) is 0 Å². The Labute approximate surface area is 129 Å². The highest BCUT2D eigenvalue weighted by atomic mass is 19.1. The van der Waals surface area contributed by atoms with Gasteiger partial charge in [-0.25, -0.2) is 4.39 Å². The van der Waals surface area contributed by atoms with Gasteiger partial charge < -0.3 is 14.8 Å². The summed E-state index contributed by atoms with van der Waals surface area (Å²) in [6.07, 6.45) is 1.99. The van der Waals surface area contributed by atoms with Crippen LogP contribution < -0.4 is 10.1 Å². The summed E-state index contributed by atoms with van der Waals surface area (Å²) in [4.78, 5) is 22.9. The largest absolute Gasteiger partial charge is 0.466 e. The third-order valence-corrected chi connectivity index (χ3v) is 2.87. The summed E-state index contributed by atoms with van der Waals surface area (Å²) >= 11 is 0. The van der Waals surface area contributed by atoms with Gasteiger partial charge in [-0.3, -0.25) is 9.59 Å². The fourth-order valence-electron chi connectivity index (χ4n) is 1.78. The number of hydrogen-bond acceptors (Lipinski definition) is 5. The summed E-state index contributed by atoms with van der Waals surface area (Å²) in [6.45, 7) is 4.19. The number of para-hydroxylation sites is 1. The van der Waals surface area contributed by atoms with Crippen LogP contribution in [0.1, 0.15) is 39.5 Å². The van der Waals surface area contributed by atoms with E-state index in [0.29, 0.717) is 6.61 Å². The van der Waals surface area contributed by atoms with Crippen molar-refractivity contribution in [2.24, 2.45) is 0 Å². The maximum atomic E-state index is 13.9. The van der Waals surface area contributed by atoms with Crippen molar-refractivity contribution in [1.29, 1.82) is 0 Å². The van der Waals surface area contributed by atoms with Gasteiger partial charge in [-0.1, -0.05) is 19.4 Å². The number of benzene rings is 1. The number of esters is 2. The predicted molar refractivity (Wildman–Crippen MR) is 81.3 cm³/mol. The smallest absolute Gasteiger partial charge is 0.311 e. The highest BCUT2D eigenvalue weighted by Gasteiger charge is 2.13. The van der Waals surface area contributed by atoms with Crippen LogP contribution >= 0.6 is 0 Å². The van der Waals surface area contributed by atoms with Crippen molar-refractivity contribution in [1.82, 2.24) is 0 Å². The second-order valence-electron chi connectivity index (χ2n) is 4.67. The molecule has 0 fully saturated rings. The Morgan fingerprint density at radius 2 is 1.95 bits per heavy atom. The third kappa shape index (κ3) is 6.11. The summed E-state index contributed by atoms with van der Waals surface area (Å²) in [5.41, 5.74) is 0.0802. The van der Waals surface area contributed by atoms with Crippen molar-refractivity contribution < 1.29 is 23.5 Å². The first-order valence-corrected chi connectivity index (χ1v) is 7.47. The minimum absolute atomic E-state index is 0.0802. The molecule has 0 bridgehead atoms. The Hall–Kier alpha value is -2.11. The molecule has 0 radical (unpaired) electrons. The van der Waals surface area contributed by atoms with Crippen LogP contribution in [-0.2, 0) is 14.3 Å². The fraction of sp³-hybridized carbons (Fsp3) is 0.500. The lowest BCUT2D eigenvalue weighted by atomic mass is 10.2. The van der Waals surface area contributed by atoms with Gasteiger partial charge in [-0.15, -0.1) is 0 Å². The van der Waals surface area contributed by atoms with E-state index in [1.807, 2.05) is 6.92 Å². The first kappa shape index (κ1) is 17.9. The number of halogens is 1. The summed E-state index contributed by atoms with van der Waals surface area (Å²) in [7, 11) is 0. The van der Waals surface area contributed by atoms with E-state index in [1.54, 1.807) is 6.92 Å². The Bertz CT molecular complexity index is 505. The number of hydrogen-bond donors (Lipinski definition) is 1. The van der Waals surface area contributed by atoms with Gasteiger partial charge >= 0.3 is 11.9 Å². The van der Waals surface area contributed by atoms with Gasteiger partial charge in [0.15, 0.2) is 5.75 Å². The minimum atomic E-state index is -0.537. The van der Waals surface area contributed by atoms with E-state index < -0.39 is 11.8 Å². The Morgan fingerprint density at radius 3 is 2.64 bits per heavy atom. The number of ether oxygens (including phenoxy) is 2. The second kappa shape index (κ2) is 9.76. The van der Waals surface area contributed by atoms with Crippen LogP contribution in [0.25, 0.3) is 0 Å². The van der Waals surface area contributed by atoms with E-state index in [4.69, 9.17) is 9.47 Å². The fourth-order valence-corrected chi connectivity index (χ4v) is 1.78. The average molecular weight is 311 g/mol. The topological polar surface area (TPSA) is 64.6 Å². The molecule has 0 aromatic heterocycles. The molecular formula is C16H22FNO4. The van der Waals surface area contributed by atoms with Gasteiger partial charge in [0.1, 0.15) is 11.5 Å². The standard InChI is InChI=1S/C16H22FNO4/c1-3-5-9-15(20)22-13-8-6-7-12(17)16(13)18-11-10-14(19)21-4-2/h6-8,18H,3-5,9-11H2,1-2H3. The van der Waals surface area contributed by atoms with E-state index in [2.05, 4.69) is 5.32 Å². The van der Waals surface area contributed by atoms with Gasteiger partial charge in [-0.2, -0.15) is 0 Å². The first-order valence-electron chi connectivity index (χ1n) is 7.47. The zero-order valence-electron chi connectivity index (χ0n) is 13.0. The van der Waals surface area contributed by atoms with Gasteiger partial charge in [0, 0.05) is 13.0 Å². The Morgan fingerprint density at radius 1 is 1.18 bits per heavy atom. The van der Waals surface area contributed by atoms with Gasteiger partial charge in [0.05, 0.1) is 13.0 Å². The maximum Gasteiger partial charge on any atom is 0.311 e. The lowest BCUT2D eigenvalue weighted by molar-refractivity contribution is -0.142. The molecule has 5 nitrogen and oxygen atoms in total. The lowest BCUT2D eigenvalue weighted by Gasteiger charge is -2.12. The highest BCUT2D eigenvalue weighted by molar-refractivity contribution is 5.75. The second-order valence-corrected chi connectivity index (χ2v) is 4.67. The van der Waals surface area contributed by atoms with Gasteiger partial charge in [0.25, 0.3) is 0 Å². The van der Waals surface area contributed by atoms with Crippen LogP contribution in [0.15, 0.2) is 18.2 Å². The highest BCUT2D eigenvalue weighted by Crippen LogP contribution is 2.27. The number of carbonyl (C=O) groups excluding carboxylic acids is 2. The van der Waals surface area contributed by atoms with Crippen LogP contribution in [0, 0.1) is 5.82 Å².